The van der Waals surface area contributed by atoms with Gasteiger partial charge in [0.05, 0.1) is 16.6 Å². The standard InChI is InChI=1S/C25H24BrCl2N3O5S2/c26-18-6-8-20(9-7-18)30-38(35,36)21-12-10-19(11-13-21)29-25(32)17-3-2-14-31(15-17)37(33,34)16-22-23(27)4-1-5-24(22)28/h1,4-13,17,30H,2-3,14-16H2,(H,29,32). The molecule has 4 rings (SSSR count). The third-order valence-electron chi connectivity index (χ3n) is 6.07. The van der Waals surface area contributed by atoms with Crippen LogP contribution in [0.5, 0.6) is 0 Å². The first-order chi connectivity index (χ1) is 17.9. The molecule has 1 atom stereocenters. The van der Waals surface area contributed by atoms with Crippen LogP contribution in [0.15, 0.2) is 76.1 Å². The number of anilines is 2. The summed E-state index contributed by atoms with van der Waals surface area (Å²) in [6.07, 6.45) is 1.04. The summed E-state index contributed by atoms with van der Waals surface area (Å²) in [6.45, 7) is 0.325. The Labute approximate surface area is 240 Å². The molecule has 1 amide bonds. The predicted octanol–water partition coefficient (Wildman–Crippen LogP) is 5.74. The molecule has 1 aliphatic heterocycles. The molecule has 0 radical (unpaired) electrons. The van der Waals surface area contributed by atoms with Crippen molar-refractivity contribution in [3.63, 3.8) is 0 Å². The summed E-state index contributed by atoms with van der Waals surface area (Å²) >= 11 is 15.6. The predicted molar refractivity (Wildman–Crippen MR) is 153 cm³/mol. The van der Waals surface area contributed by atoms with Gasteiger partial charge in [0.1, 0.15) is 0 Å². The topological polar surface area (TPSA) is 113 Å². The second-order valence-corrected chi connectivity index (χ2v) is 14.2. The van der Waals surface area contributed by atoms with E-state index in [2.05, 4.69) is 26.0 Å². The number of rotatable bonds is 8. The van der Waals surface area contributed by atoms with E-state index in [1.165, 1.54) is 28.6 Å². The van der Waals surface area contributed by atoms with Crippen molar-refractivity contribution in [3.05, 3.63) is 86.8 Å². The van der Waals surface area contributed by atoms with Crippen LogP contribution in [0.2, 0.25) is 10.0 Å². The van der Waals surface area contributed by atoms with Crippen LogP contribution >= 0.6 is 39.1 Å². The molecule has 3 aromatic rings. The van der Waals surface area contributed by atoms with E-state index in [-0.39, 0.29) is 33.1 Å². The van der Waals surface area contributed by atoms with Crippen molar-refractivity contribution in [1.82, 2.24) is 4.31 Å². The van der Waals surface area contributed by atoms with Crippen molar-refractivity contribution in [2.45, 2.75) is 23.5 Å². The monoisotopic (exact) mass is 659 g/mol. The van der Waals surface area contributed by atoms with Crippen LogP contribution in [-0.2, 0) is 30.6 Å². The van der Waals surface area contributed by atoms with Crippen LogP contribution < -0.4 is 10.0 Å². The van der Waals surface area contributed by atoms with E-state index in [0.717, 1.165) is 4.47 Å². The van der Waals surface area contributed by atoms with Crippen LogP contribution in [0.3, 0.4) is 0 Å². The molecule has 13 heteroatoms. The molecule has 1 heterocycles. The molecule has 3 aromatic carbocycles. The lowest BCUT2D eigenvalue weighted by atomic mass is 9.99. The number of sulfonamides is 2. The van der Waals surface area contributed by atoms with Crippen LogP contribution in [0.25, 0.3) is 0 Å². The Balaban J connectivity index is 1.39. The number of hydrogen-bond donors (Lipinski definition) is 2. The first-order valence-electron chi connectivity index (χ1n) is 11.5. The molecule has 1 aliphatic rings. The van der Waals surface area contributed by atoms with Gasteiger partial charge in [-0.2, -0.15) is 0 Å². The summed E-state index contributed by atoms with van der Waals surface area (Å²) in [4.78, 5) is 13.0. The summed E-state index contributed by atoms with van der Waals surface area (Å²) in [5.74, 6) is -1.27. The highest BCUT2D eigenvalue weighted by atomic mass is 79.9. The van der Waals surface area contributed by atoms with Gasteiger partial charge >= 0.3 is 0 Å². The molecular weight excluding hydrogens is 637 g/mol. The van der Waals surface area contributed by atoms with Gasteiger partial charge in [0.25, 0.3) is 10.0 Å². The van der Waals surface area contributed by atoms with Gasteiger partial charge in [-0.25, -0.2) is 21.1 Å². The number of halogens is 3. The van der Waals surface area contributed by atoms with Crippen molar-refractivity contribution >= 4 is 76.5 Å². The molecule has 1 fully saturated rings. The van der Waals surface area contributed by atoms with E-state index in [0.29, 0.717) is 36.3 Å². The van der Waals surface area contributed by atoms with Crippen molar-refractivity contribution in [1.29, 1.82) is 0 Å². The number of nitrogens with one attached hydrogen (secondary N) is 2. The van der Waals surface area contributed by atoms with Crippen molar-refractivity contribution < 1.29 is 21.6 Å². The highest BCUT2D eigenvalue weighted by molar-refractivity contribution is 9.10. The Morgan fingerprint density at radius 1 is 0.921 bits per heavy atom. The van der Waals surface area contributed by atoms with Crippen molar-refractivity contribution in [2.75, 3.05) is 23.1 Å². The van der Waals surface area contributed by atoms with Gasteiger partial charge in [0, 0.05) is 44.5 Å². The fourth-order valence-corrected chi connectivity index (χ4v) is 7.73. The van der Waals surface area contributed by atoms with Gasteiger partial charge in [-0.3, -0.25) is 9.52 Å². The molecule has 0 aromatic heterocycles. The Morgan fingerprint density at radius 2 is 1.53 bits per heavy atom. The molecule has 0 saturated carbocycles. The first-order valence-corrected chi connectivity index (χ1v) is 16.2. The van der Waals surface area contributed by atoms with Gasteiger partial charge in [0.15, 0.2) is 0 Å². The van der Waals surface area contributed by atoms with E-state index in [9.17, 15) is 21.6 Å². The third-order valence-corrected chi connectivity index (χ3v) is 10.5. The van der Waals surface area contributed by atoms with Crippen LogP contribution in [0, 0.1) is 5.92 Å². The highest BCUT2D eigenvalue weighted by Crippen LogP contribution is 2.29. The Bertz CT molecular complexity index is 1510. The van der Waals surface area contributed by atoms with E-state index < -0.39 is 26.0 Å². The Morgan fingerprint density at radius 3 is 2.16 bits per heavy atom. The Kier molecular flexibility index (Phi) is 9.06. The minimum atomic E-state index is -3.82. The van der Waals surface area contributed by atoms with E-state index >= 15 is 0 Å². The maximum Gasteiger partial charge on any atom is 0.261 e. The zero-order valence-electron chi connectivity index (χ0n) is 19.9. The average molecular weight is 661 g/mol. The van der Waals surface area contributed by atoms with Crippen molar-refractivity contribution in [3.8, 4) is 0 Å². The highest BCUT2D eigenvalue weighted by Gasteiger charge is 2.33. The average Bonchev–Trinajstić information content (AvgIpc) is 2.88. The Hall–Kier alpha value is -2.15. The number of hydrogen-bond acceptors (Lipinski definition) is 5. The fraction of sp³-hybridized carbons (Fsp3) is 0.240. The molecule has 0 spiro atoms. The number of piperidine rings is 1. The normalized spacial score (nSPS) is 16.7. The minimum absolute atomic E-state index is 0.0276. The first kappa shape index (κ1) is 28.8. The lowest BCUT2D eigenvalue weighted by Gasteiger charge is -2.31. The van der Waals surface area contributed by atoms with Gasteiger partial charge in [-0.05, 0) is 73.5 Å². The molecule has 1 unspecified atom stereocenters. The summed E-state index contributed by atoms with van der Waals surface area (Å²) < 4.78 is 56.1. The molecule has 8 nitrogen and oxygen atoms in total. The molecule has 202 valence electrons. The number of benzene rings is 3. The van der Waals surface area contributed by atoms with Gasteiger partial charge < -0.3 is 5.32 Å². The second kappa shape index (κ2) is 11.9. The summed E-state index contributed by atoms with van der Waals surface area (Å²) in [6, 6.07) is 17.3. The maximum absolute atomic E-state index is 13.1. The summed E-state index contributed by atoms with van der Waals surface area (Å²) in [7, 11) is -7.58. The molecule has 2 N–H and O–H groups in total. The van der Waals surface area contributed by atoms with E-state index in [4.69, 9.17) is 23.2 Å². The molecule has 0 bridgehead atoms. The van der Waals surface area contributed by atoms with Crippen LogP contribution in [-0.4, -0.2) is 40.1 Å². The number of carbonyl (C=O) groups is 1. The maximum atomic E-state index is 13.1. The largest absolute Gasteiger partial charge is 0.326 e. The number of amides is 1. The van der Waals surface area contributed by atoms with Gasteiger partial charge in [0.2, 0.25) is 15.9 Å². The second-order valence-electron chi connectivity index (χ2n) is 8.78. The fourth-order valence-electron chi connectivity index (χ4n) is 4.05. The number of carbonyl (C=O) groups excluding carboxylic acids is 1. The van der Waals surface area contributed by atoms with E-state index in [1.807, 2.05) is 0 Å². The zero-order chi connectivity index (χ0) is 27.5. The summed E-state index contributed by atoms with van der Waals surface area (Å²) in [5.41, 5.74) is 1.15. The smallest absolute Gasteiger partial charge is 0.261 e. The molecule has 1 saturated heterocycles. The van der Waals surface area contributed by atoms with Gasteiger partial charge in [-0.1, -0.05) is 45.2 Å². The third kappa shape index (κ3) is 7.08. The van der Waals surface area contributed by atoms with E-state index in [1.54, 1.807) is 42.5 Å². The quantitative estimate of drug-likeness (QED) is 0.320. The summed E-state index contributed by atoms with van der Waals surface area (Å²) in [5, 5.41) is 3.30. The minimum Gasteiger partial charge on any atom is -0.326 e. The van der Waals surface area contributed by atoms with Crippen LogP contribution in [0.1, 0.15) is 18.4 Å². The lowest BCUT2D eigenvalue weighted by Crippen LogP contribution is -2.44. The molecule has 38 heavy (non-hydrogen) atoms. The zero-order valence-corrected chi connectivity index (χ0v) is 24.6. The SMILES string of the molecule is O=C(Nc1ccc(S(=O)(=O)Nc2ccc(Br)cc2)cc1)C1CCCN(S(=O)(=O)Cc2c(Cl)cccc2Cl)C1. The lowest BCUT2D eigenvalue weighted by molar-refractivity contribution is -0.120. The molecular formula is C25H24BrCl2N3O5S2. The van der Waals surface area contributed by atoms with Crippen LogP contribution in [0.4, 0.5) is 11.4 Å². The van der Waals surface area contributed by atoms with Crippen molar-refractivity contribution in [2.24, 2.45) is 5.92 Å². The molecule has 0 aliphatic carbocycles. The van der Waals surface area contributed by atoms with Gasteiger partial charge in [-0.15, -0.1) is 0 Å². The number of nitrogens with zero attached hydrogens (tertiary/aromatic N) is 1.